The summed E-state index contributed by atoms with van der Waals surface area (Å²) < 4.78 is 4.63. The largest absolute Gasteiger partial charge is 0.464 e. The fourth-order valence-electron chi connectivity index (χ4n) is 2.74. The summed E-state index contributed by atoms with van der Waals surface area (Å²) in [5.41, 5.74) is 0.00739. The smallest absolute Gasteiger partial charge is 0.356 e. The third-order valence-corrected chi connectivity index (χ3v) is 3.86. The van der Waals surface area contributed by atoms with E-state index >= 15 is 0 Å². The zero-order valence-electron chi connectivity index (χ0n) is 12.4. The highest BCUT2D eigenvalue weighted by molar-refractivity contribution is 5.88. The molecule has 1 aliphatic heterocycles. The van der Waals surface area contributed by atoms with Gasteiger partial charge in [-0.25, -0.2) is 9.78 Å². The predicted octanol–water partition coefficient (Wildman–Crippen LogP) is 2.40. The van der Waals surface area contributed by atoms with E-state index in [4.69, 9.17) is 0 Å². The molecule has 0 bridgehead atoms. The van der Waals surface area contributed by atoms with Crippen molar-refractivity contribution in [3.63, 3.8) is 0 Å². The Balaban J connectivity index is 2.43. The van der Waals surface area contributed by atoms with Crippen LogP contribution >= 0.6 is 0 Å². The molecule has 2 unspecified atom stereocenters. The quantitative estimate of drug-likeness (QED) is 0.483. The van der Waals surface area contributed by atoms with Gasteiger partial charge in [0.05, 0.1) is 12.0 Å². The number of carbonyl (C=O) groups is 1. The van der Waals surface area contributed by atoms with Crippen LogP contribution in [0.5, 0.6) is 0 Å². The normalized spacial score (nSPS) is 22.0. The van der Waals surface area contributed by atoms with Crippen molar-refractivity contribution in [2.75, 3.05) is 18.6 Å². The van der Waals surface area contributed by atoms with Crippen molar-refractivity contribution < 1.29 is 14.5 Å². The van der Waals surface area contributed by atoms with E-state index in [1.807, 2.05) is 11.8 Å². The molecule has 1 fully saturated rings. The number of anilines is 1. The minimum Gasteiger partial charge on any atom is -0.464 e. The van der Waals surface area contributed by atoms with Gasteiger partial charge in [0.25, 0.3) is 0 Å². The Morgan fingerprint density at radius 3 is 2.76 bits per heavy atom. The summed E-state index contributed by atoms with van der Waals surface area (Å²) in [6.45, 7) is 4.88. The molecule has 2 atom stereocenters. The van der Waals surface area contributed by atoms with Crippen molar-refractivity contribution >= 4 is 17.5 Å². The second-order valence-corrected chi connectivity index (χ2v) is 5.46. The standard InChI is InChI=1S/C14H19N3O4/c1-9-6-7-16(10(2)8-9)13-12(17(19)20)5-4-11(15-13)14(18)21-3/h4-5,9-10H,6-8H2,1-3H3. The maximum Gasteiger partial charge on any atom is 0.356 e. The van der Waals surface area contributed by atoms with Crippen molar-refractivity contribution in [1.29, 1.82) is 0 Å². The first-order valence-electron chi connectivity index (χ1n) is 6.94. The van der Waals surface area contributed by atoms with Gasteiger partial charge in [0.2, 0.25) is 5.82 Å². The number of nitro groups is 1. The van der Waals surface area contributed by atoms with E-state index in [-0.39, 0.29) is 23.2 Å². The first-order chi connectivity index (χ1) is 9.93. The van der Waals surface area contributed by atoms with Crippen LogP contribution in [0.3, 0.4) is 0 Å². The maximum absolute atomic E-state index is 11.6. The lowest BCUT2D eigenvalue weighted by molar-refractivity contribution is -0.384. The van der Waals surface area contributed by atoms with E-state index in [1.54, 1.807) is 0 Å². The first kappa shape index (κ1) is 15.2. The highest BCUT2D eigenvalue weighted by Gasteiger charge is 2.30. The SMILES string of the molecule is COC(=O)c1ccc([N+](=O)[O-])c(N2CCC(C)CC2C)n1. The predicted molar refractivity (Wildman–Crippen MR) is 77.4 cm³/mol. The van der Waals surface area contributed by atoms with Crippen LogP contribution < -0.4 is 4.90 Å². The van der Waals surface area contributed by atoms with Gasteiger partial charge in [0.1, 0.15) is 0 Å². The Hall–Kier alpha value is -2.18. The Bertz CT molecular complexity index is 561. The molecule has 2 heterocycles. The lowest BCUT2D eigenvalue weighted by atomic mass is 9.93. The van der Waals surface area contributed by atoms with Gasteiger partial charge in [0.15, 0.2) is 5.69 Å². The maximum atomic E-state index is 11.6. The van der Waals surface area contributed by atoms with Crippen LogP contribution in [0.15, 0.2) is 12.1 Å². The number of ether oxygens (including phenoxy) is 1. The number of carbonyl (C=O) groups excluding carboxylic acids is 1. The molecule has 2 rings (SSSR count). The van der Waals surface area contributed by atoms with Gasteiger partial charge in [-0.2, -0.15) is 0 Å². The van der Waals surface area contributed by atoms with Gasteiger partial charge in [-0.3, -0.25) is 10.1 Å². The van der Waals surface area contributed by atoms with E-state index in [2.05, 4.69) is 16.6 Å². The molecule has 0 N–H and O–H groups in total. The Morgan fingerprint density at radius 1 is 1.48 bits per heavy atom. The zero-order chi connectivity index (χ0) is 15.6. The minimum absolute atomic E-state index is 0.0796. The van der Waals surface area contributed by atoms with Crippen LogP contribution in [0, 0.1) is 16.0 Å². The lowest BCUT2D eigenvalue weighted by Crippen LogP contribution is -2.41. The third-order valence-electron chi connectivity index (χ3n) is 3.86. The number of methoxy groups -OCH3 is 1. The average molecular weight is 293 g/mol. The van der Waals surface area contributed by atoms with Gasteiger partial charge in [0, 0.05) is 18.7 Å². The highest BCUT2D eigenvalue weighted by atomic mass is 16.6. The summed E-state index contributed by atoms with van der Waals surface area (Å²) >= 11 is 0. The molecule has 0 aliphatic carbocycles. The molecular weight excluding hydrogens is 274 g/mol. The van der Waals surface area contributed by atoms with Gasteiger partial charge in [-0.1, -0.05) is 6.92 Å². The first-order valence-corrected chi connectivity index (χ1v) is 6.94. The molecule has 0 amide bonds. The number of hydrogen-bond donors (Lipinski definition) is 0. The summed E-state index contributed by atoms with van der Waals surface area (Å²) in [5, 5.41) is 11.2. The van der Waals surface area contributed by atoms with Crippen molar-refractivity contribution in [3.05, 3.63) is 27.9 Å². The molecule has 0 aromatic carbocycles. The molecular formula is C14H19N3O4. The molecule has 1 saturated heterocycles. The van der Waals surface area contributed by atoms with Crippen LogP contribution in [-0.4, -0.2) is 35.6 Å². The number of rotatable bonds is 3. The average Bonchev–Trinajstić information content (AvgIpc) is 2.45. The van der Waals surface area contributed by atoms with Gasteiger partial charge >= 0.3 is 11.7 Å². The second-order valence-electron chi connectivity index (χ2n) is 5.46. The summed E-state index contributed by atoms with van der Waals surface area (Å²) in [4.78, 5) is 28.4. The molecule has 21 heavy (non-hydrogen) atoms. The van der Waals surface area contributed by atoms with Gasteiger partial charge < -0.3 is 9.64 Å². The number of aromatic nitrogens is 1. The van der Waals surface area contributed by atoms with Crippen molar-refractivity contribution in [2.45, 2.75) is 32.7 Å². The van der Waals surface area contributed by atoms with Crippen LogP contribution in [0.25, 0.3) is 0 Å². The number of hydrogen-bond acceptors (Lipinski definition) is 6. The third kappa shape index (κ3) is 3.12. The van der Waals surface area contributed by atoms with E-state index in [1.165, 1.54) is 19.2 Å². The molecule has 0 radical (unpaired) electrons. The van der Waals surface area contributed by atoms with Crippen molar-refractivity contribution in [3.8, 4) is 0 Å². The summed E-state index contributed by atoms with van der Waals surface area (Å²) in [7, 11) is 1.26. The number of piperidine rings is 1. The van der Waals surface area contributed by atoms with Crippen LogP contribution in [-0.2, 0) is 4.74 Å². The summed E-state index contributed by atoms with van der Waals surface area (Å²) in [6, 6.07) is 2.79. The van der Waals surface area contributed by atoms with Gasteiger partial charge in [-0.15, -0.1) is 0 Å². The summed E-state index contributed by atoms with van der Waals surface area (Å²) in [6.07, 6.45) is 1.90. The van der Waals surface area contributed by atoms with E-state index in [0.29, 0.717) is 12.5 Å². The number of esters is 1. The Morgan fingerprint density at radius 2 is 2.19 bits per heavy atom. The van der Waals surface area contributed by atoms with Crippen molar-refractivity contribution in [2.24, 2.45) is 5.92 Å². The Labute approximate surface area is 123 Å². The molecule has 0 spiro atoms. The highest BCUT2D eigenvalue weighted by Crippen LogP contribution is 2.32. The van der Waals surface area contributed by atoms with E-state index in [0.717, 1.165) is 12.8 Å². The molecule has 7 heteroatoms. The molecule has 1 aromatic rings. The number of pyridine rings is 1. The van der Waals surface area contributed by atoms with Crippen LogP contribution in [0.4, 0.5) is 11.5 Å². The van der Waals surface area contributed by atoms with Gasteiger partial charge in [-0.05, 0) is 31.7 Å². The van der Waals surface area contributed by atoms with Crippen LogP contribution in [0.1, 0.15) is 37.2 Å². The topological polar surface area (TPSA) is 85.6 Å². The lowest BCUT2D eigenvalue weighted by Gasteiger charge is -2.37. The second kappa shape index (κ2) is 6.07. The molecule has 1 aromatic heterocycles. The summed E-state index contributed by atoms with van der Waals surface area (Å²) in [5.74, 6) is 0.241. The molecule has 0 saturated carbocycles. The molecule has 114 valence electrons. The van der Waals surface area contributed by atoms with E-state index < -0.39 is 10.9 Å². The van der Waals surface area contributed by atoms with Crippen molar-refractivity contribution in [1.82, 2.24) is 4.98 Å². The monoisotopic (exact) mass is 293 g/mol. The fourth-order valence-corrected chi connectivity index (χ4v) is 2.74. The molecule has 1 aliphatic rings. The molecule has 7 nitrogen and oxygen atoms in total. The van der Waals surface area contributed by atoms with E-state index in [9.17, 15) is 14.9 Å². The zero-order valence-corrected chi connectivity index (χ0v) is 12.4. The fraction of sp³-hybridized carbons (Fsp3) is 0.571. The number of nitrogens with zero attached hydrogens (tertiary/aromatic N) is 3. The van der Waals surface area contributed by atoms with Crippen LogP contribution in [0.2, 0.25) is 0 Å². The minimum atomic E-state index is -0.593. The Kier molecular flexibility index (Phi) is 4.40.